The Bertz CT molecular complexity index is 582. The minimum Gasteiger partial charge on any atom is -0.494 e. The molecule has 18 heavy (non-hydrogen) atoms. The van der Waals surface area contributed by atoms with E-state index >= 15 is 0 Å². The summed E-state index contributed by atoms with van der Waals surface area (Å²) in [6.45, 7) is 4.23. The first-order valence-electron chi connectivity index (χ1n) is 5.94. The van der Waals surface area contributed by atoms with Gasteiger partial charge in [-0.25, -0.2) is 9.37 Å². The summed E-state index contributed by atoms with van der Waals surface area (Å²) in [6, 6.07) is 4.52. The van der Waals surface area contributed by atoms with E-state index in [-0.39, 0.29) is 5.82 Å². The number of methoxy groups -OCH3 is 1. The molecule has 2 aromatic rings. The van der Waals surface area contributed by atoms with Crippen LogP contribution in [0.4, 0.5) is 10.1 Å². The van der Waals surface area contributed by atoms with Crippen molar-refractivity contribution in [3.8, 4) is 5.75 Å². The normalized spacial score (nSPS) is 11.2. The maximum absolute atomic E-state index is 13.4. The van der Waals surface area contributed by atoms with Crippen LogP contribution in [0.25, 0.3) is 10.9 Å². The molecule has 0 aliphatic carbocycles. The minimum atomic E-state index is -0.371. The molecular formula is C14H17FN2O. The molecule has 0 saturated carbocycles. The molecule has 0 aliphatic rings. The van der Waals surface area contributed by atoms with Crippen LogP contribution in [0.3, 0.4) is 0 Å². The smallest absolute Gasteiger partial charge is 0.148 e. The number of halogens is 1. The van der Waals surface area contributed by atoms with Crippen molar-refractivity contribution in [2.75, 3.05) is 12.8 Å². The van der Waals surface area contributed by atoms with Gasteiger partial charge in [-0.05, 0) is 24.5 Å². The fraction of sp³-hybridized carbons (Fsp3) is 0.357. The van der Waals surface area contributed by atoms with Crippen LogP contribution in [-0.2, 0) is 6.42 Å². The summed E-state index contributed by atoms with van der Waals surface area (Å²) in [5.41, 5.74) is 8.02. The fourth-order valence-corrected chi connectivity index (χ4v) is 2.02. The molecule has 1 heterocycles. The number of hydrogen-bond acceptors (Lipinski definition) is 3. The van der Waals surface area contributed by atoms with Crippen molar-refractivity contribution < 1.29 is 9.13 Å². The number of ether oxygens (including phenoxy) is 1. The van der Waals surface area contributed by atoms with Crippen molar-refractivity contribution >= 4 is 16.6 Å². The summed E-state index contributed by atoms with van der Waals surface area (Å²) in [7, 11) is 1.50. The number of nitrogen functional groups attached to an aromatic ring is 1. The van der Waals surface area contributed by atoms with Crippen LogP contribution in [-0.4, -0.2) is 12.1 Å². The van der Waals surface area contributed by atoms with Gasteiger partial charge in [0.2, 0.25) is 0 Å². The molecule has 0 atom stereocenters. The second-order valence-electron chi connectivity index (χ2n) is 4.81. The quantitative estimate of drug-likeness (QED) is 0.907. The van der Waals surface area contributed by atoms with Crippen molar-refractivity contribution in [2.45, 2.75) is 20.3 Å². The lowest BCUT2D eigenvalue weighted by atomic mass is 10.1. The van der Waals surface area contributed by atoms with Gasteiger partial charge in [0, 0.05) is 22.8 Å². The van der Waals surface area contributed by atoms with Gasteiger partial charge in [-0.15, -0.1) is 0 Å². The Morgan fingerprint density at radius 3 is 2.67 bits per heavy atom. The van der Waals surface area contributed by atoms with Gasteiger partial charge >= 0.3 is 0 Å². The second kappa shape index (κ2) is 4.80. The van der Waals surface area contributed by atoms with Gasteiger partial charge in [0.25, 0.3) is 0 Å². The lowest BCUT2D eigenvalue weighted by Gasteiger charge is -2.11. The lowest BCUT2D eigenvalue weighted by molar-refractivity contribution is 0.415. The van der Waals surface area contributed by atoms with Crippen LogP contribution in [0.5, 0.6) is 5.75 Å². The first-order valence-corrected chi connectivity index (χ1v) is 5.94. The summed E-state index contributed by atoms with van der Waals surface area (Å²) in [5.74, 6) is 0.535. The van der Waals surface area contributed by atoms with Crippen molar-refractivity contribution in [2.24, 2.45) is 5.92 Å². The molecule has 0 spiro atoms. The maximum Gasteiger partial charge on any atom is 0.148 e. The number of nitrogens with two attached hydrogens (primary N) is 1. The first kappa shape index (κ1) is 12.6. The monoisotopic (exact) mass is 248 g/mol. The van der Waals surface area contributed by atoms with E-state index < -0.39 is 0 Å². The third kappa shape index (κ3) is 2.37. The molecule has 1 aromatic carbocycles. The fourth-order valence-electron chi connectivity index (χ4n) is 2.02. The third-order valence-corrected chi connectivity index (χ3v) is 2.77. The summed E-state index contributed by atoms with van der Waals surface area (Å²) in [5, 5.41) is 0.597. The number of fused-ring (bicyclic) bond motifs is 1. The molecule has 96 valence electrons. The average molecular weight is 248 g/mol. The van der Waals surface area contributed by atoms with Gasteiger partial charge < -0.3 is 10.5 Å². The molecule has 0 saturated heterocycles. The van der Waals surface area contributed by atoms with E-state index in [0.717, 1.165) is 12.1 Å². The van der Waals surface area contributed by atoms with Crippen molar-refractivity contribution in [1.29, 1.82) is 0 Å². The van der Waals surface area contributed by atoms with Gasteiger partial charge in [0.1, 0.15) is 17.1 Å². The van der Waals surface area contributed by atoms with Crippen molar-refractivity contribution in [3.63, 3.8) is 0 Å². The number of aromatic nitrogens is 1. The predicted octanol–water partition coefficient (Wildman–Crippen LogP) is 3.16. The maximum atomic E-state index is 13.4. The second-order valence-corrected chi connectivity index (χ2v) is 4.81. The lowest BCUT2D eigenvalue weighted by Crippen LogP contribution is -2.01. The average Bonchev–Trinajstić information content (AvgIpc) is 2.28. The Morgan fingerprint density at radius 1 is 1.33 bits per heavy atom. The summed E-state index contributed by atoms with van der Waals surface area (Å²) in [6.07, 6.45) is 0.834. The number of hydrogen-bond donors (Lipinski definition) is 1. The third-order valence-electron chi connectivity index (χ3n) is 2.77. The van der Waals surface area contributed by atoms with E-state index in [1.54, 1.807) is 6.07 Å². The van der Waals surface area contributed by atoms with Gasteiger partial charge in [-0.1, -0.05) is 13.8 Å². The van der Waals surface area contributed by atoms with Gasteiger partial charge in [0.05, 0.1) is 7.11 Å². The molecule has 0 bridgehead atoms. The minimum absolute atomic E-state index is 0.371. The Balaban J connectivity index is 2.66. The van der Waals surface area contributed by atoms with E-state index in [4.69, 9.17) is 10.5 Å². The van der Waals surface area contributed by atoms with E-state index in [9.17, 15) is 4.39 Å². The predicted molar refractivity (Wildman–Crippen MR) is 71.2 cm³/mol. The molecule has 0 radical (unpaired) electrons. The molecule has 3 nitrogen and oxygen atoms in total. The molecule has 1 aromatic heterocycles. The summed E-state index contributed by atoms with van der Waals surface area (Å²) < 4.78 is 18.6. The number of pyridine rings is 1. The van der Waals surface area contributed by atoms with Crippen LogP contribution >= 0.6 is 0 Å². The van der Waals surface area contributed by atoms with Crippen molar-refractivity contribution in [1.82, 2.24) is 4.98 Å². The molecule has 4 heteroatoms. The zero-order chi connectivity index (χ0) is 13.3. The van der Waals surface area contributed by atoms with E-state index in [2.05, 4.69) is 18.8 Å². The van der Waals surface area contributed by atoms with Crippen LogP contribution in [0.2, 0.25) is 0 Å². The van der Waals surface area contributed by atoms with Crippen LogP contribution in [0.1, 0.15) is 19.5 Å². The van der Waals surface area contributed by atoms with Gasteiger partial charge in [-0.3, -0.25) is 0 Å². The van der Waals surface area contributed by atoms with Crippen molar-refractivity contribution in [3.05, 3.63) is 29.7 Å². The van der Waals surface area contributed by atoms with Gasteiger partial charge in [0.15, 0.2) is 0 Å². The number of nitrogens with zero attached hydrogens (tertiary/aromatic N) is 1. The molecule has 0 amide bonds. The highest BCUT2D eigenvalue weighted by atomic mass is 19.1. The standard InChI is InChI=1S/C14H17FN2O/c1-8(2)4-10-7-12(16)11-5-9(15)6-13(18-3)14(11)17-10/h5-8H,4H2,1-3H3,(H2,16,17). The summed E-state index contributed by atoms with van der Waals surface area (Å²) >= 11 is 0. The summed E-state index contributed by atoms with van der Waals surface area (Å²) in [4.78, 5) is 4.52. The molecule has 0 unspecified atom stereocenters. The molecule has 0 aliphatic heterocycles. The Hall–Kier alpha value is -1.84. The molecule has 2 rings (SSSR count). The topological polar surface area (TPSA) is 48.1 Å². The zero-order valence-corrected chi connectivity index (χ0v) is 10.8. The highest BCUT2D eigenvalue weighted by Gasteiger charge is 2.11. The highest BCUT2D eigenvalue weighted by molar-refractivity contribution is 5.94. The number of benzene rings is 1. The number of anilines is 1. The Kier molecular flexibility index (Phi) is 3.36. The Morgan fingerprint density at radius 2 is 2.06 bits per heavy atom. The van der Waals surface area contributed by atoms with E-state index in [1.165, 1.54) is 19.2 Å². The SMILES string of the molecule is COc1cc(F)cc2c(N)cc(CC(C)C)nc12. The molecule has 0 fully saturated rings. The molecular weight excluding hydrogens is 231 g/mol. The van der Waals surface area contributed by atoms with Gasteiger partial charge in [-0.2, -0.15) is 0 Å². The largest absolute Gasteiger partial charge is 0.494 e. The zero-order valence-electron chi connectivity index (χ0n) is 10.8. The van der Waals surface area contributed by atoms with Crippen LogP contribution < -0.4 is 10.5 Å². The Labute approximate surface area is 106 Å². The van der Waals surface area contributed by atoms with Crippen LogP contribution in [0.15, 0.2) is 18.2 Å². The first-order chi connectivity index (χ1) is 8.51. The molecule has 2 N–H and O–H groups in total. The highest BCUT2D eigenvalue weighted by Crippen LogP contribution is 2.30. The van der Waals surface area contributed by atoms with Crippen LogP contribution in [0, 0.1) is 11.7 Å². The van der Waals surface area contributed by atoms with E-state index in [0.29, 0.717) is 28.3 Å². The number of rotatable bonds is 3. The van der Waals surface area contributed by atoms with E-state index in [1.807, 2.05) is 0 Å².